The Morgan fingerprint density at radius 1 is 1.05 bits per heavy atom. The van der Waals surface area contributed by atoms with Gasteiger partial charge in [-0.25, -0.2) is 9.59 Å². The van der Waals surface area contributed by atoms with E-state index in [0.29, 0.717) is 18.1 Å². The minimum absolute atomic E-state index is 0.284. The van der Waals surface area contributed by atoms with Crippen molar-refractivity contribution in [3.63, 3.8) is 0 Å². The van der Waals surface area contributed by atoms with E-state index in [-0.39, 0.29) is 5.75 Å². The zero-order valence-electron chi connectivity index (χ0n) is 13.0. The first-order chi connectivity index (χ1) is 10.6. The number of unbranched alkanes of at least 4 members (excludes halogenated alkanes) is 1. The summed E-state index contributed by atoms with van der Waals surface area (Å²) in [6.07, 6.45) is 3.78. The van der Waals surface area contributed by atoms with E-state index in [1.807, 2.05) is 6.92 Å². The molecule has 6 nitrogen and oxygen atoms in total. The fourth-order valence-electron chi connectivity index (χ4n) is 1.53. The minimum atomic E-state index is -0.681. The van der Waals surface area contributed by atoms with Crippen LogP contribution in [-0.2, 0) is 14.3 Å². The molecule has 0 N–H and O–H groups in total. The quantitative estimate of drug-likeness (QED) is 0.318. The van der Waals surface area contributed by atoms with E-state index < -0.39 is 11.9 Å². The molecular formula is C16H20O6. The Balaban J connectivity index is 2.56. The van der Waals surface area contributed by atoms with Gasteiger partial charge >= 0.3 is 11.9 Å². The largest absolute Gasteiger partial charge is 0.493 e. The summed E-state index contributed by atoms with van der Waals surface area (Å²) in [6.45, 7) is 2.33. The van der Waals surface area contributed by atoms with Crippen LogP contribution in [-0.4, -0.2) is 32.8 Å². The second kappa shape index (κ2) is 9.44. The van der Waals surface area contributed by atoms with Gasteiger partial charge in [-0.05, 0) is 18.6 Å². The molecule has 1 rings (SSSR count). The number of hydrogen-bond acceptors (Lipinski definition) is 6. The molecule has 0 aromatic heterocycles. The maximum atomic E-state index is 11.6. The summed E-state index contributed by atoms with van der Waals surface area (Å²) >= 11 is 0. The third kappa shape index (κ3) is 5.87. The van der Waals surface area contributed by atoms with E-state index in [2.05, 4.69) is 0 Å². The Bertz CT molecular complexity index is 535. The predicted octanol–water partition coefficient (Wildman–Crippen LogP) is 2.51. The van der Waals surface area contributed by atoms with Crippen molar-refractivity contribution in [2.75, 3.05) is 20.8 Å². The first-order valence-corrected chi connectivity index (χ1v) is 6.89. The van der Waals surface area contributed by atoms with Gasteiger partial charge in [-0.3, -0.25) is 0 Å². The molecule has 0 amide bonds. The summed E-state index contributed by atoms with van der Waals surface area (Å²) in [4.78, 5) is 22.9. The monoisotopic (exact) mass is 308 g/mol. The van der Waals surface area contributed by atoms with Gasteiger partial charge in [0.2, 0.25) is 0 Å². The Kier molecular flexibility index (Phi) is 7.53. The van der Waals surface area contributed by atoms with E-state index in [9.17, 15) is 9.59 Å². The molecule has 0 aliphatic heterocycles. The Hall–Kier alpha value is -2.50. The maximum absolute atomic E-state index is 11.6. The van der Waals surface area contributed by atoms with Crippen molar-refractivity contribution in [2.45, 2.75) is 19.8 Å². The van der Waals surface area contributed by atoms with E-state index in [0.717, 1.165) is 25.0 Å². The lowest BCUT2D eigenvalue weighted by molar-refractivity contribution is -0.138. The maximum Gasteiger partial charge on any atom is 0.336 e. The second-order valence-corrected chi connectivity index (χ2v) is 4.29. The van der Waals surface area contributed by atoms with E-state index in [1.54, 1.807) is 12.1 Å². The Morgan fingerprint density at radius 3 is 2.36 bits per heavy atom. The highest BCUT2D eigenvalue weighted by molar-refractivity contribution is 5.92. The number of ether oxygens (including phenoxy) is 4. The van der Waals surface area contributed by atoms with Crippen molar-refractivity contribution in [3.8, 4) is 17.2 Å². The van der Waals surface area contributed by atoms with Crippen LogP contribution in [0.25, 0.3) is 0 Å². The van der Waals surface area contributed by atoms with Crippen LogP contribution in [0, 0.1) is 0 Å². The zero-order valence-corrected chi connectivity index (χ0v) is 13.0. The topological polar surface area (TPSA) is 71.1 Å². The van der Waals surface area contributed by atoms with Gasteiger partial charge < -0.3 is 18.9 Å². The summed E-state index contributed by atoms with van der Waals surface area (Å²) in [7, 11) is 2.99. The fraction of sp³-hybridized carbons (Fsp3) is 0.375. The molecule has 0 spiro atoms. The minimum Gasteiger partial charge on any atom is -0.493 e. The van der Waals surface area contributed by atoms with E-state index in [4.69, 9.17) is 18.9 Å². The predicted molar refractivity (Wildman–Crippen MR) is 80.2 cm³/mol. The van der Waals surface area contributed by atoms with E-state index >= 15 is 0 Å². The van der Waals surface area contributed by atoms with Gasteiger partial charge in [0.15, 0.2) is 11.5 Å². The number of esters is 2. The van der Waals surface area contributed by atoms with Gasteiger partial charge in [-0.2, -0.15) is 0 Å². The van der Waals surface area contributed by atoms with Crippen LogP contribution < -0.4 is 14.2 Å². The van der Waals surface area contributed by atoms with Gasteiger partial charge in [-0.15, -0.1) is 0 Å². The molecule has 120 valence electrons. The summed E-state index contributed by atoms with van der Waals surface area (Å²) in [5.41, 5.74) is 0. The van der Waals surface area contributed by atoms with Crippen molar-refractivity contribution in [1.82, 2.24) is 0 Å². The first kappa shape index (κ1) is 17.6. The van der Waals surface area contributed by atoms with Crippen LogP contribution in [0.2, 0.25) is 0 Å². The summed E-state index contributed by atoms with van der Waals surface area (Å²) in [5.74, 6) is -0.00267. The molecule has 22 heavy (non-hydrogen) atoms. The molecule has 1 aromatic rings. The average molecular weight is 308 g/mol. The van der Waals surface area contributed by atoms with Crippen LogP contribution >= 0.6 is 0 Å². The molecule has 6 heteroatoms. The zero-order chi connectivity index (χ0) is 16.4. The van der Waals surface area contributed by atoms with Crippen molar-refractivity contribution in [2.24, 2.45) is 0 Å². The molecule has 0 bridgehead atoms. The lowest BCUT2D eigenvalue weighted by Gasteiger charge is -2.08. The molecule has 0 aliphatic rings. The van der Waals surface area contributed by atoms with Crippen LogP contribution in [0.4, 0.5) is 0 Å². The molecule has 0 atom stereocenters. The second-order valence-electron chi connectivity index (χ2n) is 4.29. The van der Waals surface area contributed by atoms with Gasteiger partial charge in [0.05, 0.1) is 20.8 Å². The van der Waals surface area contributed by atoms with Crippen molar-refractivity contribution in [3.05, 3.63) is 30.4 Å². The number of benzene rings is 1. The number of hydrogen-bond donors (Lipinski definition) is 0. The third-order valence-electron chi connectivity index (χ3n) is 2.67. The summed E-state index contributed by atoms with van der Waals surface area (Å²) in [6, 6.07) is 4.70. The fourth-order valence-corrected chi connectivity index (χ4v) is 1.53. The smallest absolute Gasteiger partial charge is 0.336 e. The third-order valence-corrected chi connectivity index (χ3v) is 2.67. The van der Waals surface area contributed by atoms with Crippen LogP contribution in [0.5, 0.6) is 17.2 Å². The standard InChI is InChI=1S/C16H20O6/c1-4-5-10-21-15(17)8-9-16(18)22-12-6-7-13(19-2)14(11-12)20-3/h6-9,11H,4-5,10H2,1-3H3/b9-8+. The molecular weight excluding hydrogens is 288 g/mol. The average Bonchev–Trinajstić information content (AvgIpc) is 2.53. The van der Waals surface area contributed by atoms with E-state index in [1.165, 1.54) is 20.3 Å². The SMILES string of the molecule is CCCCOC(=O)/C=C/C(=O)Oc1ccc(OC)c(OC)c1. The van der Waals surface area contributed by atoms with Crippen molar-refractivity contribution < 1.29 is 28.5 Å². The Morgan fingerprint density at radius 2 is 1.73 bits per heavy atom. The summed E-state index contributed by atoms with van der Waals surface area (Å²) < 4.78 is 20.1. The van der Waals surface area contributed by atoms with Crippen LogP contribution in [0.15, 0.2) is 30.4 Å². The molecule has 0 heterocycles. The molecule has 0 radical (unpaired) electrons. The molecule has 0 aliphatic carbocycles. The summed E-state index contributed by atoms with van der Waals surface area (Å²) in [5, 5.41) is 0. The molecule has 1 aromatic carbocycles. The van der Waals surface area contributed by atoms with Gasteiger partial charge in [0.25, 0.3) is 0 Å². The Labute approximate surface area is 129 Å². The van der Waals surface area contributed by atoms with Crippen LogP contribution in [0.1, 0.15) is 19.8 Å². The van der Waals surface area contributed by atoms with Crippen molar-refractivity contribution in [1.29, 1.82) is 0 Å². The van der Waals surface area contributed by atoms with Crippen molar-refractivity contribution >= 4 is 11.9 Å². The molecule has 0 unspecified atom stereocenters. The number of methoxy groups -OCH3 is 2. The van der Waals surface area contributed by atoms with Gasteiger partial charge in [-0.1, -0.05) is 13.3 Å². The molecule has 0 fully saturated rings. The highest BCUT2D eigenvalue weighted by Gasteiger charge is 2.08. The first-order valence-electron chi connectivity index (χ1n) is 6.89. The van der Waals surface area contributed by atoms with Crippen LogP contribution in [0.3, 0.4) is 0 Å². The highest BCUT2D eigenvalue weighted by atomic mass is 16.5. The van der Waals surface area contributed by atoms with Gasteiger partial charge in [0.1, 0.15) is 5.75 Å². The normalized spacial score (nSPS) is 10.3. The lowest BCUT2D eigenvalue weighted by Crippen LogP contribution is -2.07. The number of rotatable bonds is 8. The lowest BCUT2D eigenvalue weighted by atomic mass is 10.3. The highest BCUT2D eigenvalue weighted by Crippen LogP contribution is 2.30. The number of carbonyl (C=O) groups excluding carboxylic acids is 2. The van der Waals surface area contributed by atoms with Gasteiger partial charge in [0, 0.05) is 18.2 Å². The molecule has 0 saturated heterocycles. The number of carbonyl (C=O) groups is 2. The molecule has 0 saturated carbocycles.